The van der Waals surface area contributed by atoms with E-state index in [1.54, 1.807) is 0 Å². The highest BCUT2D eigenvalue weighted by Crippen LogP contribution is 2.24. The fourth-order valence-corrected chi connectivity index (χ4v) is 2.81. The zero-order valence-corrected chi connectivity index (χ0v) is 13.7. The molecule has 1 atom stereocenters. The maximum Gasteiger partial charge on any atom is 0.187 e. The van der Waals surface area contributed by atoms with Crippen LogP contribution in [0.2, 0.25) is 0 Å². The van der Waals surface area contributed by atoms with Crippen LogP contribution in [0.1, 0.15) is 45.1 Å². The maximum absolute atomic E-state index is 7.00. The van der Waals surface area contributed by atoms with Crippen LogP contribution in [0.25, 0.3) is 16.0 Å². The largest absolute Gasteiger partial charge is 0.238 e. The summed E-state index contributed by atoms with van der Waals surface area (Å²) in [6.45, 7) is 11.6. The SMILES string of the molecule is [C-]#[N+]c1ccc(-c2ccc(CC(C)CCCCC)cc2)cc1. The highest BCUT2D eigenvalue weighted by atomic mass is 14.6. The number of hydrogen-bond acceptors (Lipinski definition) is 0. The molecule has 114 valence electrons. The molecule has 0 amide bonds. The van der Waals surface area contributed by atoms with Crippen molar-refractivity contribution in [2.45, 2.75) is 46.0 Å². The number of unbranched alkanes of at least 4 members (excludes halogenated alkanes) is 2. The minimum atomic E-state index is 0.696. The van der Waals surface area contributed by atoms with Crippen molar-refractivity contribution in [1.29, 1.82) is 0 Å². The van der Waals surface area contributed by atoms with Gasteiger partial charge in [0.1, 0.15) is 0 Å². The molecule has 1 unspecified atom stereocenters. The van der Waals surface area contributed by atoms with E-state index in [0.717, 1.165) is 5.92 Å². The molecule has 0 heterocycles. The van der Waals surface area contributed by atoms with E-state index >= 15 is 0 Å². The lowest BCUT2D eigenvalue weighted by molar-refractivity contribution is 0.493. The standard InChI is InChI=1S/C21H25N/c1-4-5-6-7-17(2)16-18-8-10-19(11-9-18)20-12-14-21(22-3)15-13-20/h8-15,17H,4-7,16H2,1-2H3. The Morgan fingerprint density at radius 2 is 1.50 bits per heavy atom. The molecule has 2 rings (SSSR count). The van der Waals surface area contributed by atoms with Gasteiger partial charge in [-0.05, 0) is 29.0 Å². The summed E-state index contributed by atoms with van der Waals surface area (Å²) in [5.41, 5.74) is 4.51. The normalized spacial score (nSPS) is 11.9. The first-order chi connectivity index (χ1) is 10.7. The summed E-state index contributed by atoms with van der Waals surface area (Å²) >= 11 is 0. The van der Waals surface area contributed by atoms with Gasteiger partial charge >= 0.3 is 0 Å². The van der Waals surface area contributed by atoms with Gasteiger partial charge in [0.05, 0.1) is 6.57 Å². The average molecular weight is 291 g/mol. The van der Waals surface area contributed by atoms with E-state index in [-0.39, 0.29) is 0 Å². The Morgan fingerprint density at radius 1 is 0.909 bits per heavy atom. The number of hydrogen-bond donors (Lipinski definition) is 0. The van der Waals surface area contributed by atoms with E-state index in [1.165, 1.54) is 48.8 Å². The van der Waals surface area contributed by atoms with Crippen molar-refractivity contribution in [1.82, 2.24) is 0 Å². The molecule has 2 aromatic carbocycles. The molecular formula is C21H25N. The Kier molecular flexibility index (Phi) is 6.22. The summed E-state index contributed by atoms with van der Waals surface area (Å²) in [6.07, 6.45) is 6.50. The molecular weight excluding hydrogens is 266 g/mol. The molecule has 0 aromatic heterocycles. The maximum atomic E-state index is 7.00. The van der Waals surface area contributed by atoms with Crippen molar-refractivity contribution in [3.05, 3.63) is 65.5 Å². The van der Waals surface area contributed by atoms with Crippen LogP contribution < -0.4 is 0 Å². The van der Waals surface area contributed by atoms with Crippen LogP contribution in [-0.4, -0.2) is 0 Å². The number of benzene rings is 2. The van der Waals surface area contributed by atoms with Gasteiger partial charge in [-0.3, -0.25) is 0 Å². The summed E-state index contributed by atoms with van der Waals surface area (Å²) in [6, 6.07) is 16.7. The average Bonchev–Trinajstić information content (AvgIpc) is 2.56. The Morgan fingerprint density at radius 3 is 2.05 bits per heavy atom. The molecule has 1 heteroatoms. The summed E-state index contributed by atoms with van der Waals surface area (Å²) in [7, 11) is 0. The van der Waals surface area contributed by atoms with Crippen molar-refractivity contribution in [2.75, 3.05) is 0 Å². The lowest BCUT2D eigenvalue weighted by atomic mass is 9.94. The van der Waals surface area contributed by atoms with E-state index < -0.39 is 0 Å². The summed E-state index contributed by atoms with van der Waals surface area (Å²) < 4.78 is 0. The molecule has 1 nitrogen and oxygen atoms in total. The van der Waals surface area contributed by atoms with Crippen LogP contribution in [0, 0.1) is 12.5 Å². The van der Waals surface area contributed by atoms with Gasteiger partial charge in [-0.2, -0.15) is 0 Å². The topological polar surface area (TPSA) is 4.36 Å². The van der Waals surface area contributed by atoms with Crippen LogP contribution in [0.3, 0.4) is 0 Å². The minimum absolute atomic E-state index is 0.696. The Hall–Kier alpha value is -2.07. The quantitative estimate of drug-likeness (QED) is 0.396. The second-order valence-corrected chi connectivity index (χ2v) is 6.16. The molecule has 0 saturated carbocycles. The van der Waals surface area contributed by atoms with Crippen molar-refractivity contribution >= 4 is 5.69 Å². The lowest BCUT2D eigenvalue weighted by Gasteiger charge is -2.11. The van der Waals surface area contributed by atoms with Gasteiger partial charge in [-0.25, -0.2) is 4.85 Å². The van der Waals surface area contributed by atoms with Crippen molar-refractivity contribution in [3.63, 3.8) is 0 Å². The van der Waals surface area contributed by atoms with Gasteiger partial charge < -0.3 is 0 Å². The van der Waals surface area contributed by atoms with Gasteiger partial charge in [0.15, 0.2) is 5.69 Å². The molecule has 0 fully saturated rings. The van der Waals surface area contributed by atoms with Crippen LogP contribution >= 0.6 is 0 Å². The fourth-order valence-electron chi connectivity index (χ4n) is 2.81. The first-order valence-electron chi connectivity index (χ1n) is 8.29. The predicted octanol–water partition coefficient (Wildman–Crippen LogP) is 6.66. The predicted molar refractivity (Wildman–Crippen MR) is 95.2 cm³/mol. The van der Waals surface area contributed by atoms with Crippen LogP contribution in [-0.2, 0) is 6.42 Å². The third kappa shape index (κ3) is 4.74. The van der Waals surface area contributed by atoms with Crippen molar-refractivity contribution in [2.24, 2.45) is 5.92 Å². The highest BCUT2D eigenvalue weighted by molar-refractivity contribution is 5.66. The highest BCUT2D eigenvalue weighted by Gasteiger charge is 2.04. The summed E-state index contributed by atoms with van der Waals surface area (Å²) in [5, 5.41) is 0. The first kappa shape index (κ1) is 16.3. The lowest BCUT2D eigenvalue weighted by Crippen LogP contribution is -1.99. The molecule has 0 N–H and O–H groups in total. The van der Waals surface area contributed by atoms with Gasteiger partial charge in [0, 0.05) is 0 Å². The van der Waals surface area contributed by atoms with Gasteiger partial charge in [-0.1, -0.05) is 88.1 Å². The second kappa shape index (κ2) is 8.39. The molecule has 0 bridgehead atoms. The zero-order chi connectivity index (χ0) is 15.8. The van der Waals surface area contributed by atoms with Crippen molar-refractivity contribution in [3.8, 4) is 11.1 Å². The minimum Gasteiger partial charge on any atom is -0.238 e. The fraction of sp³-hybridized carbons (Fsp3) is 0.381. The molecule has 0 aliphatic rings. The Balaban J connectivity index is 1.96. The number of rotatable bonds is 7. The van der Waals surface area contributed by atoms with Crippen molar-refractivity contribution < 1.29 is 0 Å². The molecule has 0 aliphatic carbocycles. The molecule has 0 spiro atoms. The molecule has 0 radical (unpaired) electrons. The molecule has 0 saturated heterocycles. The Labute approximate surface area is 134 Å². The smallest absolute Gasteiger partial charge is 0.187 e. The third-order valence-electron chi connectivity index (χ3n) is 4.17. The van der Waals surface area contributed by atoms with Gasteiger partial charge in [0.2, 0.25) is 0 Å². The van der Waals surface area contributed by atoms with E-state index in [0.29, 0.717) is 5.69 Å². The first-order valence-corrected chi connectivity index (χ1v) is 8.29. The van der Waals surface area contributed by atoms with Gasteiger partial charge in [0.25, 0.3) is 0 Å². The molecule has 0 aliphatic heterocycles. The number of nitrogens with zero attached hydrogens (tertiary/aromatic N) is 1. The zero-order valence-electron chi connectivity index (χ0n) is 13.7. The Bertz CT molecular complexity index is 602. The molecule has 22 heavy (non-hydrogen) atoms. The van der Waals surface area contributed by atoms with E-state index in [9.17, 15) is 0 Å². The molecule has 2 aromatic rings. The summed E-state index contributed by atoms with van der Waals surface area (Å²) in [5.74, 6) is 0.760. The van der Waals surface area contributed by atoms with Gasteiger partial charge in [-0.15, -0.1) is 0 Å². The third-order valence-corrected chi connectivity index (χ3v) is 4.17. The monoisotopic (exact) mass is 291 g/mol. The summed E-state index contributed by atoms with van der Waals surface area (Å²) in [4.78, 5) is 3.43. The van der Waals surface area contributed by atoms with Crippen LogP contribution in [0.15, 0.2) is 48.5 Å². The van der Waals surface area contributed by atoms with Crippen LogP contribution in [0.4, 0.5) is 5.69 Å². The second-order valence-electron chi connectivity index (χ2n) is 6.16. The van der Waals surface area contributed by atoms with Crippen LogP contribution in [0.5, 0.6) is 0 Å². The van der Waals surface area contributed by atoms with E-state index in [2.05, 4.69) is 43.0 Å². The van der Waals surface area contributed by atoms with E-state index in [1.807, 2.05) is 24.3 Å². The van der Waals surface area contributed by atoms with E-state index in [4.69, 9.17) is 6.57 Å².